The van der Waals surface area contributed by atoms with Gasteiger partial charge in [0.25, 0.3) is 0 Å². The zero-order valence-corrected chi connectivity index (χ0v) is 8.07. The highest BCUT2D eigenvalue weighted by Gasteiger charge is 2.04. The van der Waals surface area contributed by atoms with E-state index in [0.717, 1.165) is 17.1 Å². The van der Waals surface area contributed by atoms with Crippen molar-refractivity contribution in [2.45, 2.75) is 6.92 Å². The Morgan fingerprint density at radius 2 is 2.29 bits per heavy atom. The summed E-state index contributed by atoms with van der Waals surface area (Å²) in [5.41, 5.74) is 3.12. The summed E-state index contributed by atoms with van der Waals surface area (Å²) in [4.78, 5) is 4.28. The molecule has 1 aliphatic rings. The van der Waals surface area contributed by atoms with E-state index in [4.69, 9.17) is 0 Å². The lowest BCUT2D eigenvalue weighted by molar-refractivity contribution is 1.08. The summed E-state index contributed by atoms with van der Waals surface area (Å²) in [5, 5.41) is 3.29. The lowest BCUT2D eigenvalue weighted by Crippen LogP contribution is -2.13. The number of nitrogens with one attached hydrogen (secondary N) is 1. The number of rotatable bonds is 1. The van der Waals surface area contributed by atoms with E-state index in [2.05, 4.69) is 10.3 Å². The van der Waals surface area contributed by atoms with Gasteiger partial charge in [0.2, 0.25) is 0 Å². The molecule has 0 radical (unpaired) electrons. The molecule has 1 aromatic rings. The molecule has 0 saturated carbocycles. The van der Waals surface area contributed by atoms with Gasteiger partial charge in [-0.25, -0.2) is 0 Å². The van der Waals surface area contributed by atoms with Crippen LogP contribution in [0.2, 0.25) is 0 Å². The Bertz CT molecular complexity index is 400. The van der Waals surface area contributed by atoms with Crippen molar-refractivity contribution in [3.05, 3.63) is 60.1 Å². The van der Waals surface area contributed by atoms with Crippen molar-refractivity contribution in [2.24, 2.45) is 0 Å². The van der Waals surface area contributed by atoms with E-state index in [1.807, 2.05) is 49.4 Å². The number of allylic oxidation sites excluding steroid dienone is 4. The average Bonchev–Trinajstić information content (AvgIpc) is 2.30. The van der Waals surface area contributed by atoms with Gasteiger partial charge in [0, 0.05) is 11.9 Å². The summed E-state index contributed by atoms with van der Waals surface area (Å²) in [5.74, 6) is 0. The fourth-order valence-electron chi connectivity index (χ4n) is 1.33. The summed E-state index contributed by atoms with van der Waals surface area (Å²) in [7, 11) is 0. The van der Waals surface area contributed by atoms with Crippen LogP contribution in [0.1, 0.15) is 12.6 Å². The first-order chi connectivity index (χ1) is 6.90. The summed E-state index contributed by atoms with van der Waals surface area (Å²) < 4.78 is 0. The topological polar surface area (TPSA) is 24.9 Å². The summed E-state index contributed by atoms with van der Waals surface area (Å²) in [6.07, 6.45) is 9.91. The predicted molar refractivity (Wildman–Crippen MR) is 58.2 cm³/mol. The van der Waals surface area contributed by atoms with Gasteiger partial charge in [-0.1, -0.05) is 18.2 Å². The van der Waals surface area contributed by atoms with Crippen LogP contribution in [0.4, 0.5) is 0 Å². The summed E-state index contributed by atoms with van der Waals surface area (Å²) in [6.45, 7) is 2.01. The van der Waals surface area contributed by atoms with Crippen LogP contribution in [0.5, 0.6) is 0 Å². The highest BCUT2D eigenvalue weighted by molar-refractivity contribution is 5.66. The van der Waals surface area contributed by atoms with Crippen LogP contribution in [-0.2, 0) is 0 Å². The fraction of sp³-hybridized carbons (Fsp3) is 0.0833. The van der Waals surface area contributed by atoms with E-state index in [-0.39, 0.29) is 0 Å². The van der Waals surface area contributed by atoms with Gasteiger partial charge in [0.15, 0.2) is 0 Å². The zero-order valence-electron chi connectivity index (χ0n) is 8.07. The summed E-state index contributed by atoms with van der Waals surface area (Å²) in [6, 6.07) is 5.89. The van der Waals surface area contributed by atoms with E-state index in [9.17, 15) is 0 Å². The lowest BCUT2D eigenvalue weighted by atomic mass is 10.2. The number of nitrogens with zero attached hydrogens (tertiary/aromatic N) is 1. The van der Waals surface area contributed by atoms with E-state index >= 15 is 0 Å². The van der Waals surface area contributed by atoms with Crippen LogP contribution < -0.4 is 5.32 Å². The third-order valence-electron chi connectivity index (χ3n) is 2.07. The second-order valence-corrected chi connectivity index (χ2v) is 3.02. The molecule has 0 unspecified atom stereocenters. The molecular formula is C12H12N2. The predicted octanol–water partition coefficient (Wildman–Crippen LogP) is 2.49. The highest BCUT2D eigenvalue weighted by atomic mass is 14.9. The number of hydrogen-bond acceptors (Lipinski definition) is 2. The van der Waals surface area contributed by atoms with Gasteiger partial charge in [-0.3, -0.25) is 4.98 Å². The van der Waals surface area contributed by atoms with Crippen molar-refractivity contribution in [3.63, 3.8) is 0 Å². The molecule has 0 amide bonds. The van der Waals surface area contributed by atoms with E-state index < -0.39 is 0 Å². The van der Waals surface area contributed by atoms with Crippen molar-refractivity contribution in [3.8, 4) is 0 Å². The molecule has 0 fully saturated rings. The zero-order chi connectivity index (χ0) is 9.80. The largest absolute Gasteiger partial charge is 0.354 e. The Labute approximate surface area is 83.7 Å². The molecule has 14 heavy (non-hydrogen) atoms. The molecule has 2 heteroatoms. The van der Waals surface area contributed by atoms with Crippen molar-refractivity contribution in [2.75, 3.05) is 0 Å². The smallest absolute Gasteiger partial charge is 0.0864 e. The van der Waals surface area contributed by atoms with Crippen LogP contribution in [0, 0.1) is 0 Å². The van der Waals surface area contributed by atoms with Crippen molar-refractivity contribution in [1.29, 1.82) is 0 Å². The Kier molecular flexibility index (Phi) is 2.45. The lowest BCUT2D eigenvalue weighted by Gasteiger charge is -2.13. The molecule has 1 N–H and O–H groups in total. The SMILES string of the molecule is CC=C1C=CC=C(c2ccccn2)N1. The molecule has 0 aromatic carbocycles. The summed E-state index contributed by atoms with van der Waals surface area (Å²) >= 11 is 0. The third-order valence-corrected chi connectivity index (χ3v) is 2.07. The van der Waals surface area contributed by atoms with Crippen LogP contribution >= 0.6 is 0 Å². The normalized spacial score (nSPS) is 17.8. The van der Waals surface area contributed by atoms with Gasteiger partial charge in [0.05, 0.1) is 11.4 Å². The molecule has 1 aliphatic heterocycles. The maximum atomic E-state index is 4.28. The van der Waals surface area contributed by atoms with Crippen molar-refractivity contribution < 1.29 is 0 Å². The minimum absolute atomic E-state index is 0.969. The average molecular weight is 184 g/mol. The fourth-order valence-corrected chi connectivity index (χ4v) is 1.33. The number of dihydropyridines is 1. The first-order valence-electron chi connectivity index (χ1n) is 4.63. The van der Waals surface area contributed by atoms with Gasteiger partial charge < -0.3 is 5.32 Å². The molecule has 1 aromatic heterocycles. The second-order valence-electron chi connectivity index (χ2n) is 3.02. The molecular weight excluding hydrogens is 172 g/mol. The quantitative estimate of drug-likeness (QED) is 0.725. The van der Waals surface area contributed by atoms with Crippen LogP contribution in [-0.4, -0.2) is 4.98 Å². The first-order valence-corrected chi connectivity index (χ1v) is 4.63. The van der Waals surface area contributed by atoms with Crippen LogP contribution in [0.3, 0.4) is 0 Å². The second kappa shape index (κ2) is 3.92. The van der Waals surface area contributed by atoms with Gasteiger partial charge in [0.1, 0.15) is 0 Å². The minimum Gasteiger partial charge on any atom is -0.354 e. The van der Waals surface area contributed by atoms with Crippen molar-refractivity contribution >= 4 is 5.70 Å². The van der Waals surface area contributed by atoms with Crippen molar-refractivity contribution in [1.82, 2.24) is 10.3 Å². The maximum Gasteiger partial charge on any atom is 0.0864 e. The molecule has 2 heterocycles. The van der Waals surface area contributed by atoms with Crippen LogP contribution in [0.25, 0.3) is 5.70 Å². The first kappa shape index (κ1) is 8.75. The molecule has 0 bridgehead atoms. The van der Waals surface area contributed by atoms with E-state index in [0.29, 0.717) is 0 Å². The standard InChI is InChI=1S/C12H12N2/c1-2-10-6-5-8-12(14-10)11-7-3-4-9-13-11/h2-9,14H,1H3. The van der Waals surface area contributed by atoms with Gasteiger partial charge in [-0.15, -0.1) is 0 Å². The highest BCUT2D eigenvalue weighted by Crippen LogP contribution is 2.14. The molecule has 0 atom stereocenters. The minimum atomic E-state index is 0.969. The van der Waals surface area contributed by atoms with E-state index in [1.165, 1.54) is 0 Å². The monoisotopic (exact) mass is 184 g/mol. The molecule has 0 saturated heterocycles. The number of hydrogen-bond donors (Lipinski definition) is 1. The van der Waals surface area contributed by atoms with Crippen LogP contribution in [0.15, 0.2) is 54.4 Å². The van der Waals surface area contributed by atoms with Gasteiger partial charge in [-0.2, -0.15) is 0 Å². The Morgan fingerprint density at radius 1 is 1.36 bits per heavy atom. The van der Waals surface area contributed by atoms with Gasteiger partial charge >= 0.3 is 0 Å². The third kappa shape index (κ3) is 1.74. The molecule has 0 spiro atoms. The Hall–Kier alpha value is -1.83. The molecule has 2 nitrogen and oxygen atoms in total. The molecule has 0 aliphatic carbocycles. The Morgan fingerprint density at radius 3 is 3.00 bits per heavy atom. The van der Waals surface area contributed by atoms with Gasteiger partial charge in [-0.05, 0) is 31.2 Å². The number of pyridine rings is 1. The Balaban J connectivity index is 2.29. The molecule has 2 rings (SSSR count). The maximum absolute atomic E-state index is 4.28. The molecule has 70 valence electrons. The number of aromatic nitrogens is 1. The van der Waals surface area contributed by atoms with E-state index in [1.54, 1.807) is 6.20 Å².